The molecule has 10 nitrogen and oxygen atoms in total. The number of ketones is 1. The smallest absolute Gasteiger partial charge is 0.341 e. The lowest BCUT2D eigenvalue weighted by molar-refractivity contribution is -0.139. The lowest BCUT2D eigenvalue weighted by Gasteiger charge is -2.35. The maximum atomic E-state index is 13.6. The van der Waals surface area contributed by atoms with Gasteiger partial charge < -0.3 is 24.6 Å². The van der Waals surface area contributed by atoms with Gasteiger partial charge in [0.15, 0.2) is 23.9 Å². The fourth-order valence-electron chi connectivity index (χ4n) is 4.76. The van der Waals surface area contributed by atoms with E-state index in [1.165, 1.54) is 6.33 Å². The summed E-state index contributed by atoms with van der Waals surface area (Å²) in [7, 11) is 3.16. The molecule has 0 saturated heterocycles. The summed E-state index contributed by atoms with van der Waals surface area (Å²) in [4.78, 5) is 29.1. The van der Waals surface area contributed by atoms with Crippen LogP contribution in [0.2, 0.25) is 0 Å². The summed E-state index contributed by atoms with van der Waals surface area (Å²) in [5, 5.41) is 16.7. The summed E-state index contributed by atoms with van der Waals surface area (Å²) >= 11 is 0. The molecule has 1 aromatic heterocycles. The molecule has 1 aliphatic carbocycles. The van der Waals surface area contributed by atoms with Gasteiger partial charge in [0.1, 0.15) is 18.1 Å². The first-order valence-electron chi connectivity index (χ1n) is 11.1. The van der Waals surface area contributed by atoms with Crippen molar-refractivity contribution in [2.24, 2.45) is 0 Å². The highest BCUT2D eigenvalue weighted by Gasteiger charge is 2.40. The van der Waals surface area contributed by atoms with Gasteiger partial charge in [-0.15, -0.1) is 0 Å². The number of Topliss-reactive ketones (excluding diaryl/α,β-unsaturated/α-hetero) is 1. The fourth-order valence-corrected chi connectivity index (χ4v) is 4.76. The number of carbonyl (C=O) groups excluding carboxylic acids is 1. The second kappa shape index (κ2) is 9.13. The van der Waals surface area contributed by atoms with Crippen molar-refractivity contribution < 1.29 is 28.9 Å². The molecule has 1 aliphatic heterocycles. The van der Waals surface area contributed by atoms with Gasteiger partial charge in [-0.1, -0.05) is 24.3 Å². The number of nitrogens with zero attached hydrogens (tertiary/aromatic N) is 3. The molecule has 0 unspecified atom stereocenters. The Kier molecular flexibility index (Phi) is 5.86. The molecule has 2 atom stereocenters. The summed E-state index contributed by atoms with van der Waals surface area (Å²) in [6.45, 7) is -0.493. The first kappa shape index (κ1) is 22.5. The normalized spacial score (nSPS) is 18.9. The van der Waals surface area contributed by atoms with E-state index in [0.717, 1.165) is 11.3 Å². The van der Waals surface area contributed by atoms with Gasteiger partial charge in [0, 0.05) is 23.3 Å². The molecule has 180 valence electrons. The highest BCUT2D eigenvalue weighted by molar-refractivity contribution is 6.00. The molecule has 0 radical (unpaired) electrons. The van der Waals surface area contributed by atoms with Gasteiger partial charge in [-0.25, -0.2) is 9.48 Å². The average molecular weight is 476 g/mol. The number of carboxylic acid groups (broad SMARTS) is 1. The highest BCUT2D eigenvalue weighted by atomic mass is 16.5. The van der Waals surface area contributed by atoms with Gasteiger partial charge in [-0.2, -0.15) is 10.1 Å². The van der Waals surface area contributed by atoms with E-state index in [2.05, 4.69) is 15.4 Å². The Hall–Kier alpha value is -4.34. The van der Waals surface area contributed by atoms with Crippen molar-refractivity contribution in [3.05, 3.63) is 71.2 Å². The Balaban J connectivity index is 1.55. The standard InChI is InChI=1S/C25H24N4O6/c1-33-20-8-7-14(11-21(20)34-2)15-9-17-23(18(30)10-15)24(29-25(28-17)26-13-27-29)16-5-3-4-6-19(16)35-12-22(31)32/h3-8,11,13,15,24H,9-10,12H2,1-2H3,(H,31,32)(H,26,27,28)/t15-,24-/m1/s1. The molecule has 0 spiro atoms. The van der Waals surface area contributed by atoms with Crippen molar-refractivity contribution in [2.45, 2.75) is 24.8 Å². The number of hydrogen-bond acceptors (Lipinski definition) is 8. The van der Waals surface area contributed by atoms with Crippen LogP contribution in [0.1, 0.15) is 35.9 Å². The minimum atomic E-state index is -1.09. The van der Waals surface area contributed by atoms with E-state index in [0.29, 0.717) is 47.2 Å². The van der Waals surface area contributed by atoms with E-state index in [9.17, 15) is 9.59 Å². The number of para-hydroxylation sites is 1. The first-order chi connectivity index (χ1) is 17.0. The maximum absolute atomic E-state index is 13.6. The van der Waals surface area contributed by atoms with Crippen molar-refractivity contribution in [3.8, 4) is 17.2 Å². The number of carboxylic acids is 1. The van der Waals surface area contributed by atoms with Gasteiger partial charge in [-0.05, 0) is 36.1 Å². The molecular weight excluding hydrogens is 452 g/mol. The number of allylic oxidation sites excluding steroid dienone is 2. The third-order valence-corrected chi connectivity index (χ3v) is 6.31. The van der Waals surface area contributed by atoms with Gasteiger partial charge in [0.2, 0.25) is 5.95 Å². The zero-order valence-corrected chi connectivity index (χ0v) is 19.2. The van der Waals surface area contributed by atoms with Crippen molar-refractivity contribution >= 4 is 17.7 Å². The van der Waals surface area contributed by atoms with Gasteiger partial charge in [0.05, 0.1) is 14.2 Å². The molecule has 10 heteroatoms. The molecule has 0 amide bonds. The summed E-state index contributed by atoms with van der Waals surface area (Å²) in [6.07, 6.45) is 2.30. The number of aliphatic carboxylic acids is 1. The van der Waals surface area contributed by atoms with Crippen LogP contribution >= 0.6 is 0 Å². The van der Waals surface area contributed by atoms with Crippen LogP contribution < -0.4 is 19.5 Å². The van der Waals surface area contributed by atoms with Crippen LogP contribution in [0.25, 0.3) is 0 Å². The number of carbonyl (C=O) groups is 2. The molecule has 0 fully saturated rings. The number of fused-ring (bicyclic) bond motifs is 1. The lowest BCUT2D eigenvalue weighted by atomic mass is 9.77. The second-order valence-electron chi connectivity index (χ2n) is 8.31. The quantitative estimate of drug-likeness (QED) is 0.529. The number of benzene rings is 2. The zero-order valence-electron chi connectivity index (χ0n) is 19.2. The third-order valence-electron chi connectivity index (χ3n) is 6.31. The molecule has 3 aromatic rings. The Morgan fingerprint density at radius 1 is 1.11 bits per heavy atom. The van der Waals surface area contributed by atoms with E-state index in [4.69, 9.17) is 19.3 Å². The number of hydrogen-bond donors (Lipinski definition) is 2. The van der Waals surface area contributed by atoms with Crippen molar-refractivity contribution in [3.63, 3.8) is 0 Å². The van der Waals surface area contributed by atoms with E-state index in [-0.39, 0.29) is 11.7 Å². The Labute approximate surface area is 201 Å². The summed E-state index contributed by atoms with van der Waals surface area (Å²) in [6, 6.07) is 12.2. The second-order valence-corrected chi connectivity index (χ2v) is 8.31. The lowest BCUT2D eigenvalue weighted by Crippen LogP contribution is -2.33. The number of aromatic nitrogens is 3. The zero-order chi connectivity index (χ0) is 24.5. The van der Waals surface area contributed by atoms with Crippen LogP contribution in [0.3, 0.4) is 0 Å². The number of methoxy groups -OCH3 is 2. The van der Waals surface area contributed by atoms with Gasteiger partial charge in [0.25, 0.3) is 0 Å². The highest BCUT2D eigenvalue weighted by Crippen LogP contribution is 2.46. The van der Waals surface area contributed by atoms with E-state index in [1.54, 1.807) is 31.0 Å². The number of anilines is 1. The van der Waals surface area contributed by atoms with Crippen LogP contribution in [0.15, 0.2) is 60.1 Å². The number of ether oxygens (including phenoxy) is 3. The molecule has 2 N–H and O–H groups in total. The summed E-state index contributed by atoms with van der Waals surface area (Å²) in [5.41, 5.74) is 2.95. The molecule has 2 aromatic carbocycles. The molecular formula is C25H24N4O6. The summed E-state index contributed by atoms with van der Waals surface area (Å²) < 4.78 is 18.0. The van der Waals surface area contributed by atoms with Crippen LogP contribution in [0.5, 0.6) is 17.2 Å². The van der Waals surface area contributed by atoms with Crippen LogP contribution in [-0.2, 0) is 9.59 Å². The van der Waals surface area contributed by atoms with Crippen molar-refractivity contribution in [1.82, 2.24) is 14.8 Å². The Bertz CT molecular complexity index is 1330. The molecule has 5 rings (SSSR count). The predicted molar refractivity (Wildman–Crippen MR) is 125 cm³/mol. The minimum absolute atomic E-state index is 0.0299. The number of nitrogens with one attached hydrogen (secondary N) is 1. The average Bonchev–Trinajstić information content (AvgIpc) is 3.34. The van der Waals surface area contributed by atoms with Crippen LogP contribution in [0, 0.1) is 0 Å². The molecule has 2 heterocycles. The minimum Gasteiger partial charge on any atom is -0.493 e. The SMILES string of the molecule is COc1ccc([C@H]2CC(=O)C3=C(C2)Nc2ncnn2[C@@H]3c2ccccc2OCC(=O)O)cc1OC. The van der Waals surface area contributed by atoms with Crippen molar-refractivity contribution in [1.29, 1.82) is 0 Å². The molecule has 35 heavy (non-hydrogen) atoms. The molecule has 0 bridgehead atoms. The predicted octanol–water partition coefficient (Wildman–Crippen LogP) is 3.17. The van der Waals surface area contributed by atoms with Crippen molar-refractivity contribution in [2.75, 3.05) is 26.1 Å². The molecule has 0 saturated carbocycles. The maximum Gasteiger partial charge on any atom is 0.341 e. The number of rotatable bonds is 7. The monoisotopic (exact) mass is 476 g/mol. The van der Waals surface area contributed by atoms with Crippen LogP contribution in [0.4, 0.5) is 5.95 Å². The topological polar surface area (TPSA) is 125 Å². The Morgan fingerprint density at radius 2 is 1.91 bits per heavy atom. The largest absolute Gasteiger partial charge is 0.493 e. The summed E-state index contributed by atoms with van der Waals surface area (Å²) in [5.74, 6) is 0.932. The van der Waals surface area contributed by atoms with E-state index >= 15 is 0 Å². The fraction of sp³-hybridized carbons (Fsp3) is 0.280. The van der Waals surface area contributed by atoms with Gasteiger partial charge in [-0.3, -0.25) is 4.79 Å². The third kappa shape index (κ3) is 4.07. The Morgan fingerprint density at radius 3 is 2.69 bits per heavy atom. The van der Waals surface area contributed by atoms with Gasteiger partial charge >= 0.3 is 5.97 Å². The van der Waals surface area contributed by atoms with Crippen LogP contribution in [-0.4, -0.2) is 52.5 Å². The first-order valence-corrected chi connectivity index (χ1v) is 11.1. The molecule has 2 aliphatic rings. The van der Waals surface area contributed by atoms with E-state index in [1.807, 2.05) is 30.3 Å². The van der Waals surface area contributed by atoms with E-state index < -0.39 is 18.6 Å².